The van der Waals surface area contributed by atoms with E-state index in [-0.39, 0.29) is 11.8 Å². The summed E-state index contributed by atoms with van der Waals surface area (Å²) in [4.78, 5) is 11.4. The highest BCUT2D eigenvalue weighted by atomic mass is 16.5. The molecule has 96 valence electrons. The second-order valence-corrected chi connectivity index (χ2v) is 4.52. The van der Waals surface area contributed by atoms with Gasteiger partial charge >= 0.3 is 0 Å². The van der Waals surface area contributed by atoms with Gasteiger partial charge < -0.3 is 15.8 Å². The molecule has 16 heavy (non-hydrogen) atoms. The third-order valence-corrected chi connectivity index (χ3v) is 2.28. The summed E-state index contributed by atoms with van der Waals surface area (Å²) in [6, 6.07) is 0. The summed E-state index contributed by atoms with van der Waals surface area (Å²) in [6.07, 6.45) is 2.78. The van der Waals surface area contributed by atoms with Crippen LogP contribution in [0.1, 0.15) is 40.0 Å². The van der Waals surface area contributed by atoms with Gasteiger partial charge in [0.15, 0.2) is 0 Å². The van der Waals surface area contributed by atoms with E-state index in [1.54, 1.807) is 0 Å². The van der Waals surface area contributed by atoms with Crippen LogP contribution in [0, 0.1) is 5.92 Å². The van der Waals surface area contributed by atoms with E-state index in [2.05, 4.69) is 5.32 Å². The molecule has 0 aliphatic carbocycles. The second-order valence-electron chi connectivity index (χ2n) is 4.52. The Morgan fingerprint density at radius 3 is 2.56 bits per heavy atom. The van der Waals surface area contributed by atoms with Crippen LogP contribution in [-0.4, -0.2) is 31.7 Å². The lowest BCUT2D eigenvalue weighted by Crippen LogP contribution is -2.28. The number of nitrogens with one attached hydrogen (secondary N) is 1. The molecule has 1 amide bonds. The summed E-state index contributed by atoms with van der Waals surface area (Å²) in [7, 11) is 0. The van der Waals surface area contributed by atoms with Gasteiger partial charge in [-0.3, -0.25) is 4.79 Å². The van der Waals surface area contributed by atoms with E-state index in [0.29, 0.717) is 19.1 Å². The van der Waals surface area contributed by atoms with Gasteiger partial charge in [0.2, 0.25) is 5.91 Å². The first kappa shape index (κ1) is 15.4. The normalized spacial score (nSPS) is 12.8. The number of amides is 1. The van der Waals surface area contributed by atoms with Crippen molar-refractivity contribution in [2.45, 2.75) is 46.1 Å². The van der Waals surface area contributed by atoms with Crippen molar-refractivity contribution in [3.8, 4) is 0 Å². The van der Waals surface area contributed by atoms with Crippen molar-refractivity contribution >= 4 is 5.91 Å². The Morgan fingerprint density at radius 2 is 2.00 bits per heavy atom. The number of hydrogen-bond acceptors (Lipinski definition) is 3. The quantitative estimate of drug-likeness (QED) is 0.587. The van der Waals surface area contributed by atoms with Crippen molar-refractivity contribution in [3.05, 3.63) is 0 Å². The van der Waals surface area contributed by atoms with Crippen molar-refractivity contribution in [3.63, 3.8) is 0 Å². The molecule has 0 spiro atoms. The molecule has 4 nitrogen and oxygen atoms in total. The summed E-state index contributed by atoms with van der Waals surface area (Å²) in [5, 5.41) is 2.89. The van der Waals surface area contributed by atoms with Gasteiger partial charge in [0, 0.05) is 19.6 Å². The Balaban J connectivity index is 3.28. The lowest BCUT2D eigenvalue weighted by Gasteiger charge is -2.10. The van der Waals surface area contributed by atoms with E-state index in [9.17, 15) is 4.79 Å². The van der Waals surface area contributed by atoms with Crippen LogP contribution in [0.2, 0.25) is 0 Å². The van der Waals surface area contributed by atoms with Crippen LogP contribution in [0.4, 0.5) is 0 Å². The topological polar surface area (TPSA) is 64.4 Å². The maximum absolute atomic E-state index is 11.4. The molecule has 1 unspecified atom stereocenters. The number of carbonyl (C=O) groups excluding carboxylic acids is 1. The minimum atomic E-state index is 0.0997. The number of unbranched alkanes of at least 4 members (excludes halogenated alkanes) is 1. The Kier molecular flexibility index (Phi) is 9.24. The highest BCUT2D eigenvalue weighted by molar-refractivity contribution is 5.76. The summed E-state index contributed by atoms with van der Waals surface area (Å²) in [6.45, 7) is 8.10. The number of nitrogens with two attached hydrogens (primary N) is 1. The van der Waals surface area contributed by atoms with E-state index in [1.807, 2.05) is 20.8 Å². The first-order valence-corrected chi connectivity index (χ1v) is 6.14. The van der Waals surface area contributed by atoms with E-state index < -0.39 is 0 Å². The number of hydrogen-bond donors (Lipinski definition) is 2. The molecule has 0 aromatic heterocycles. The first-order valence-electron chi connectivity index (χ1n) is 6.14. The number of ether oxygens (including phenoxy) is 1. The van der Waals surface area contributed by atoms with Crippen molar-refractivity contribution in [2.24, 2.45) is 11.7 Å². The van der Waals surface area contributed by atoms with Crippen molar-refractivity contribution in [1.29, 1.82) is 0 Å². The molecule has 1 atom stereocenters. The summed E-state index contributed by atoms with van der Waals surface area (Å²) in [5.74, 6) is 0.368. The fraction of sp³-hybridized carbons (Fsp3) is 0.917. The molecule has 0 fully saturated rings. The average Bonchev–Trinajstić information content (AvgIpc) is 2.22. The van der Waals surface area contributed by atoms with Crippen LogP contribution in [-0.2, 0) is 9.53 Å². The van der Waals surface area contributed by atoms with E-state index in [0.717, 1.165) is 26.0 Å². The molecule has 0 rings (SSSR count). The Hall–Kier alpha value is -0.610. The molecule has 0 radical (unpaired) electrons. The third kappa shape index (κ3) is 9.93. The molecule has 0 saturated heterocycles. The Morgan fingerprint density at radius 1 is 1.31 bits per heavy atom. The van der Waals surface area contributed by atoms with Gasteiger partial charge in [0.05, 0.1) is 6.10 Å². The zero-order chi connectivity index (χ0) is 12.4. The molecule has 0 aromatic carbocycles. The third-order valence-electron chi connectivity index (χ3n) is 2.28. The van der Waals surface area contributed by atoms with E-state index in [1.165, 1.54) is 0 Å². The molecule has 0 saturated carbocycles. The van der Waals surface area contributed by atoms with Gasteiger partial charge in [-0.2, -0.15) is 0 Å². The summed E-state index contributed by atoms with van der Waals surface area (Å²) in [5.41, 5.74) is 5.45. The van der Waals surface area contributed by atoms with Crippen LogP contribution >= 0.6 is 0 Å². The van der Waals surface area contributed by atoms with Crippen molar-refractivity contribution in [1.82, 2.24) is 5.32 Å². The molecule has 0 aliphatic rings. The standard InChI is InChI=1S/C12H26N2O2/c1-10(2)16-7-5-4-6-14-12(15)8-11(3)9-13/h10-11H,4-9,13H2,1-3H3,(H,14,15). The van der Waals surface area contributed by atoms with Gasteiger partial charge in [-0.05, 0) is 39.2 Å². The first-order chi connectivity index (χ1) is 7.56. The maximum Gasteiger partial charge on any atom is 0.220 e. The highest BCUT2D eigenvalue weighted by Crippen LogP contribution is 1.98. The lowest BCUT2D eigenvalue weighted by molar-refractivity contribution is -0.121. The number of carbonyl (C=O) groups is 1. The Labute approximate surface area is 98.9 Å². The van der Waals surface area contributed by atoms with Crippen LogP contribution < -0.4 is 11.1 Å². The molecular formula is C12H26N2O2. The second kappa shape index (κ2) is 9.60. The van der Waals surface area contributed by atoms with Gasteiger partial charge in [-0.1, -0.05) is 6.92 Å². The van der Waals surface area contributed by atoms with Gasteiger partial charge in [-0.15, -0.1) is 0 Å². The molecular weight excluding hydrogens is 204 g/mol. The van der Waals surface area contributed by atoms with Crippen LogP contribution in [0.3, 0.4) is 0 Å². The zero-order valence-corrected chi connectivity index (χ0v) is 10.8. The van der Waals surface area contributed by atoms with Crippen LogP contribution in [0.15, 0.2) is 0 Å². The van der Waals surface area contributed by atoms with Gasteiger partial charge in [-0.25, -0.2) is 0 Å². The monoisotopic (exact) mass is 230 g/mol. The molecule has 0 aromatic rings. The van der Waals surface area contributed by atoms with Crippen molar-refractivity contribution in [2.75, 3.05) is 19.7 Å². The van der Waals surface area contributed by atoms with Gasteiger partial charge in [0.25, 0.3) is 0 Å². The maximum atomic E-state index is 11.4. The van der Waals surface area contributed by atoms with Gasteiger partial charge in [0.1, 0.15) is 0 Å². The summed E-state index contributed by atoms with van der Waals surface area (Å²) < 4.78 is 5.40. The van der Waals surface area contributed by atoms with Crippen LogP contribution in [0.5, 0.6) is 0 Å². The zero-order valence-electron chi connectivity index (χ0n) is 10.8. The SMILES string of the molecule is CC(CN)CC(=O)NCCCCOC(C)C. The van der Waals surface area contributed by atoms with Crippen LogP contribution in [0.25, 0.3) is 0 Å². The minimum Gasteiger partial charge on any atom is -0.379 e. The highest BCUT2D eigenvalue weighted by Gasteiger charge is 2.06. The molecule has 3 N–H and O–H groups in total. The Bertz CT molecular complexity index is 184. The van der Waals surface area contributed by atoms with E-state index in [4.69, 9.17) is 10.5 Å². The predicted molar refractivity (Wildman–Crippen MR) is 66.2 cm³/mol. The molecule has 4 heteroatoms. The fourth-order valence-corrected chi connectivity index (χ4v) is 1.25. The molecule has 0 bridgehead atoms. The van der Waals surface area contributed by atoms with E-state index >= 15 is 0 Å². The summed E-state index contributed by atoms with van der Waals surface area (Å²) >= 11 is 0. The largest absolute Gasteiger partial charge is 0.379 e. The molecule has 0 aliphatic heterocycles. The fourth-order valence-electron chi connectivity index (χ4n) is 1.25. The smallest absolute Gasteiger partial charge is 0.220 e. The lowest BCUT2D eigenvalue weighted by atomic mass is 10.1. The minimum absolute atomic E-state index is 0.0997. The number of rotatable bonds is 9. The average molecular weight is 230 g/mol. The van der Waals surface area contributed by atoms with Crippen molar-refractivity contribution < 1.29 is 9.53 Å². The predicted octanol–water partition coefficient (Wildman–Crippen LogP) is 1.29. The molecule has 0 heterocycles.